The number of rotatable bonds is 5. The van der Waals surface area contributed by atoms with Gasteiger partial charge in [-0.3, -0.25) is 9.59 Å². The first-order chi connectivity index (χ1) is 15.5. The summed E-state index contributed by atoms with van der Waals surface area (Å²) in [6.07, 6.45) is 4.58. The number of aryl methyl sites for hydroxylation is 2. The molecule has 7 nitrogen and oxygen atoms in total. The van der Waals surface area contributed by atoms with Crippen molar-refractivity contribution in [2.75, 3.05) is 33.3 Å². The van der Waals surface area contributed by atoms with E-state index < -0.39 is 0 Å². The van der Waals surface area contributed by atoms with Crippen LogP contribution < -0.4 is 4.74 Å². The maximum atomic E-state index is 12.9. The molecule has 4 rings (SSSR count). The zero-order chi connectivity index (χ0) is 22.7. The first-order valence-corrected chi connectivity index (χ1v) is 11.5. The minimum absolute atomic E-state index is 0.00333. The third-order valence-electron chi connectivity index (χ3n) is 6.63. The van der Waals surface area contributed by atoms with Gasteiger partial charge in [0.25, 0.3) is 5.91 Å². The number of ether oxygens (including phenoxy) is 1. The largest absolute Gasteiger partial charge is 0.497 e. The smallest absolute Gasteiger partial charge is 0.254 e. The molecular weight excluding hydrogens is 404 g/mol. The van der Waals surface area contributed by atoms with Crippen LogP contribution in [0.5, 0.6) is 5.75 Å². The molecule has 0 radical (unpaired) electrons. The van der Waals surface area contributed by atoms with Crippen molar-refractivity contribution in [1.29, 1.82) is 0 Å². The Morgan fingerprint density at radius 1 is 1.03 bits per heavy atom. The van der Waals surface area contributed by atoms with Crippen LogP contribution in [0.3, 0.4) is 0 Å². The number of hydrogen-bond acceptors (Lipinski definition) is 5. The van der Waals surface area contributed by atoms with Crippen molar-refractivity contribution >= 4 is 11.8 Å². The number of methoxy groups -OCH3 is 1. The highest BCUT2D eigenvalue weighted by Gasteiger charge is 2.31. The molecule has 3 heterocycles. The number of carbonyl (C=O) groups is 2. The van der Waals surface area contributed by atoms with E-state index in [0.717, 1.165) is 55.1 Å². The number of nitrogens with zero attached hydrogens (tertiary/aromatic N) is 4. The lowest BCUT2D eigenvalue weighted by Crippen LogP contribution is -2.37. The first kappa shape index (κ1) is 22.2. The second kappa shape index (κ2) is 9.67. The molecule has 0 bridgehead atoms. The van der Waals surface area contributed by atoms with Crippen LogP contribution in [0.15, 0.2) is 24.3 Å². The predicted octanol–water partition coefficient (Wildman–Crippen LogP) is 3.29. The SMILES string of the molecule is COc1cccc(C(=O)N2CC[C@@H](c3nc(C)c(CC(=O)N4CCCCC4)c(C)n3)C2)c1. The highest BCUT2D eigenvalue weighted by atomic mass is 16.5. The Bertz CT molecular complexity index is 977. The second-order valence-electron chi connectivity index (χ2n) is 8.82. The van der Waals surface area contributed by atoms with Gasteiger partial charge in [-0.05, 0) is 57.7 Å². The van der Waals surface area contributed by atoms with E-state index in [9.17, 15) is 9.59 Å². The van der Waals surface area contributed by atoms with Gasteiger partial charge >= 0.3 is 0 Å². The molecule has 0 saturated carbocycles. The van der Waals surface area contributed by atoms with E-state index in [1.165, 1.54) is 6.42 Å². The van der Waals surface area contributed by atoms with Crippen molar-refractivity contribution in [3.8, 4) is 5.75 Å². The van der Waals surface area contributed by atoms with E-state index in [4.69, 9.17) is 14.7 Å². The van der Waals surface area contributed by atoms with Gasteiger partial charge in [0, 0.05) is 54.6 Å². The van der Waals surface area contributed by atoms with Crippen LogP contribution in [0, 0.1) is 13.8 Å². The maximum Gasteiger partial charge on any atom is 0.254 e. The molecule has 170 valence electrons. The third kappa shape index (κ3) is 4.76. The minimum atomic E-state index is 0.00333. The van der Waals surface area contributed by atoms with Gasteiger partial charge in [-0.2, -0.15) is 0 Å². The highest BCUT2D eigenvalue weighted by Crippen LogP contribution is 2.28. The highest BCUT2D eigenvalue weighted by molar-refractivity contribution is 5.94. The Balaban J connectivity index is 1.44. The third-order valence-corrected chi connectivity index (χ3v) is 6.63. The van der Waals surface area contributed by atoms with Gasteiger partial charge in [0.15, 0.2) is 0 Å². The fraction of sp³-hybridized carbons (Fsp3) is 0.520. The van der Waals surface area contributed by atoms with Gasteiger partial charge in [-0.25, -0.2) is 9.97 Å². The van der Waals surface area contributed by atoms with Gasteiger partial charge in [-0.15, -0.1) is 0 Å². The van der Waals surface area contributed by atoms with Crippen molar-refractivity contribution in [2.45, 2.75) is 51.9 Å². The summed E-state index contributed by atoms with van der Waals surface area (Å²) in [5.41, 5.74) is 3.31. The monoisotopic (exact) mass is 436 g/mol. The average Bonchev–Trinajstić information content (AvgIpc) is 3.31. The molecule has 0 N–H and O–H groups in total. The van der Waals surface area contributed by atoms with E-state index in [1.807, 2.05) is 41.8 Å². The van der Waals surface area contributed by atoms with Gasteiger partial charge in [0.2, 0.25) is 5.91 Å². The quantitative estimate of drug-likeness (QED) is 0.719. The molecule has 2 aromatic rings. The number of piperidine rings is 1. The van der Waals surface area contributed by atoms with E-state index in [-0.39, 0.29) is 17.7 Å². The Labute approximate surface area is 189 Å². The fourth-order valence-corrected chi connectivity index (χ4v) is 4.70. The molecule has 32 heavy (non-hydrogen) atoms. The number of likely N-dealkylation sites (tertiary alicyclic amines) is 2. The van der Waals surface area contributed by atoms with Crippen LogP contribution in [0.2, 0.25) is 0 Å². The van der Waals surface area contributed by atoms with Gasteiger partial charge < -0.3 is 14.5 Å². The zero-order valence-electron chi connectivity index (χ0n) is 19.3. The Kier molecular flexibility index (Phi) is 6.72. The topological polar surface area (TPSA) is 75.6 Å². The molecular formula is C25H32N4O3. The average molecular weight is 437 g/mol. The molecule has 2 saturated heterocycles. The molecule has 2 fully saturated rings. The van der Waals surface area contributed by atoms with E-state index in [2.05, 4.69) is 0 Å². The number of amides is 2. The number of hydrogen-bond donors (Lipinski definition) is 0. The summed E-state index contributed by atoms with van der Waals surface area (Å²) < 4.78 is 5.24. The lowest BCUT2D eigenvalue weighted by molar-refractivity contribution is -0.131. The van der Waals surface area contributed by atoms with E-state index in [0.29, 0.717) is 30.8 Å². The molecule has 2 aliphatic heterocycles. The Hall–Kier alpha value is -2.96. The number of aromatic nitrogens is 2. The molecule has 0 spiro atoms. The minimum Gasteiger partial charge on any atom is -0.497 e. The van der Waals surface area contributed by atoms with Crippen LogP contribution in [0.4, 0.5) is 0 Å². The van der Waals surface area contributed by atoms with Crippen molar-refractivity contribution in [3.05, 3.63) is 52.6 Å². The summed E-state index contributed by atoms with van der Waals surface area (Å²) in [6, 6.07) is 7.26. The van der Waals surface area contributed by atoms with Gasteiger partial charge in [0.05, 0.1) is 13.5 Å². The fourth-order valence-electron chi connectivity index (χ4n) is 4.70. The number of carbonyl (C=O) groups excluding carboxylic acids is 2. The molecule has 1 aromatic carbocycles. The zero-order valence-corrected chi connectivity index (χ0v) is 19.3. The Morgan fingerprint density at radius 2 is 1.75 bits per heavy atom. The van der Waals surface area contributed by atoms with Gasteiger partial charge in [-0.1, -0.05) is 6.07 Å². The number of benzene rings is 1. The molecule has 0 unspecified atom stereocenters. The normalized spacial score (nSPS) is 18.7. The molecule has 2 amide bonds. The lowest BCUT2D eigenvalue weighted by Gasteiger charge is -2.27. The molecule has 2 aliphatic rings. The van der Waals surface area contributed by atoms with Crippen LogP contribution in [0.1, 0.15) is 64.7 Å². The molecule has 7 heteroatoms. The summed E-state index contributed by atoms with van der Waals surface area (Å²) in [5.74, 6) is 1.73. The van der Waals surface area contributed by atoms with Crippen molar-refractivity contribution in [2.24, 2.45) is 0 Å². The van der Waals surface area contributed by atoms with Gasteiger partial charge in [0.1, 0.15) is 11.6 Å². The summed E-state index contributed by atoms with van der Waals surface area (Å²) in [7, 11) is 1.60. The van der Waals surface area contributed by atoms with Crippen molar-refractivity contribution in [1.82, 2.24) is 19.8 Å². The van der Waals surface area contributed by atoms with E-state index in [1.54, 1.807) is 13.2 Å². The predicted molar refractivity (Wildman–Crippen MR) is 122 cm³/mol. The van der Waals surface area contributed by atoms with Crippen LogP contribution in [-0.2, 0) is 11.2 Å². The summed E-state index contributed by atoms with van der Waals surface area (Å²) in [4.78, 5) is 39.0. The standard InChI is InChI=1S/C25H32N4O3/c1-17-22(15-23(30)28-11-5-4-6-12-28)18(2)27-24(26-17)20-10-13-29(16-20)25(31)19-8-7-9-21(14-19)32-3/h7-9,14,20H,4-6,10-13,15-16H2,1-3H3/t20-/m1/s1. The molecule has 0 aliphatic carbocycles. The van der Waals surface area contributed by atoms with Crippen LogP contribution in [0.25, 0.3) is 0 Å². The lowest BCUT2D eigenvalue weighted by atomic mass is 10.0. The summed E-state index contributed by atoms with van der Waals surface area (Å²) in [5, 5.41) is 0. The first-order valence-electron chi connectivity index (χ1n) is 11.5. The van der Waals surface area contributed by atoms with E-state index >= 15 is 0 Å². The molecule has 1 aromatic heterocycles. The van der Waals surface area contributed by atoms with Crippen LogP contribution in [-0.4, -0.2) is 64.9 Å². The summed E-state index contributed by atoms with van der Waals surface area (Å²) >= 11 is 0. The summed E-state index contributed by atoms with van der Waals surface area (Å²) in [6.45, 7) is 6.92. The van der Waals surface area contributed by atoms with Crippen molar-refractivity contribution < 1.29 is 14.3 Å². The van der Waals surface area contributed by atoms with Crippen molar-refractivity contribution in [3.63, 3.8) is 0 Å². The second-order valence-corrected chi connectivity index (χ2v) is 8.82. The Morgan fingerprint density at radius 3 is 2.44 bits per heavy atom. The maximum absolute atomic E-state index is 12.9. The van der Waals surface area contributed by atoms with Crippen LogP contribution >= 0.6 is 0 Å². The molecule has 1 atom stereocenters.